The van der Waals surface area contributed by atoms with Crippen LogP contribution in [0, 0.1) is 23.7 Å². The third kappa shape index (κ3) is 15.7. The third-order valence-corrected chi connectivity index (χ3v) is 6.75. The number of hydrogen-bond donors (Lipinski definition) is 0. The molecule has 0 aromatic heterocycles. The van der Waals surface area contributed by atoms with Gasteiger partial charge in [-0.15, -0.1) is 0 Å². The number of rotatable bonds is 17. The van der Waals surface area contributed by atoms with E-state index >= 15 is 0 Å². The van der Waals surface area contributed by atoms with Crippen LogP contribution in [0.4, 0.5) is 0 Å². The maximum absolute atomic E-state index is 11.9. The van der Waals surface area contributed by atoms with E-state index in [0.29, 0.717) is 50.8 Å². The fourth-order valence-corrected chi connectivity index (χ4v) is 3.66. The van der Waals surface area contributed by atoms with E-state index in [1.54, 1.807) is 67.6 Å². The van der Waals surface area contributed by atoms with Gasteiger partial charge >= 0.3 is 17.9 Å². The minimum Gasteiger partial charge on any atom is -0.462 e. The molecule has 11 heteroatoms. The Labute approximate surface area is 337 Å². The fraction of sp³-hybridized carbons (Fsp3) is 0.0851. The molecule has 3 aromatic rings. The number of esters is 3. The van der Waals surface area contributed by atoms with Gasteiger partial charge in [0.15, 0.2) is 0 Å². The standard InChI is InChI=1S/C47H40O11/c1-32(2)36(9)51-22-25-54-43-30-40(17-11-38-14-20-42(21-15-38)53-24-28-57-46(49)34(5)6)44(55-26-29-58-47(50)35(7)8)31-39(43)16-10-37-12-18-41(19-13-37)52-23-27-56-45(48)33(3)4/h12-15,18-31H,1,3,5,7,9H2,2,4,6,8H3. The Balaban J connectivity index is 1.98. The lowest BCUT2D eigenvalue weighted by Gasteiger charge is -2.10. The molecule has 3 rings (SSSR count). The van der Waals surface area contributed by atoms with Crippen LogP contribution in [-0.4, -0.2) is 17.9 Å². The summed E-state index contributed by atoms with van der Waals surface area (Å²) in [4.78, 5) is 35.0. The van der Waals surface area contributed by atoms with Crippen molar-refractivity contribution in [3.05, 3.63) is 194 Å². The van der Waals surface area contributed by atoms with Gasteiger partial charge in [-0.05, 0) is 81.8 Å². The van der Waals surface area contributed by atoms with Gasteiger partial charge in [0, 0.05) is 40.0 Å². The highest BCUT2D eigenvalue weighted by Gasteiger charge is 2.11. The summed E-state index contributed by atoms with van der Waals surface area (Å²) < 4.78 is 43.0. The second kappa shape index (κ2) is 22.9. The maximum Gasteiger partial charge on any atom is 0.338 e. The van der Waals surface area contributed by atoms with Crippen molar-refractivity contribution in [2.75, 3.05) is 0 Å². The first kappa shape index (κ1) is 44.2. The molecule has 0 radical (unpaired) electrons. The smallest absolute Gasteiger partial charge is 0.338 e. The second-order valence-corrected chi connectivity index (χ2v) is 11.8. The third-order valence-electron chi connectivity index (χ3n) is 6.75. The molecule has 0 amide bonds. The number of benzene rings is 3. The van der Waals surface area contributed by atoms with Gasteiger partial charge < -0.3 is 37.9 Å². The number of carbonyl (C=O) groups is 3. The van der Waals surface area contributed by atoms with Crippen molar-refractivity contribution in [1.29, 1.82) is 0 Å². The zero-order chi connectivity index (χ0) is 42.5. The number of ether oxygens (including phenoxy) is 8. The Bertz CT molecular complexity index is 2150. The summed E-state index contributed by atoms with van der Waals surface area (Å²) in [6.07, 6.45) is 9.55. The maximum atomic E-state index is 11.9. The van der Waals surface area contributed by atoms with Gasteiger partial charge in [0.2, 0.25) is 0 Å². The normalized spacial score (nSPS) is 10.4. The van der Waals surface area contributed by atoms with Crippen LogP contribution < -0.4 is 18.9 Å². The highest BCUT2D eigenvalue weighted by atomic mass is 16.6. The predicted molar refractivity (Wildman–Crippen MR) is 218 cm³/mol. The van der Waals surface area contributed by atoms with Gasteiger partial charge in [-0.25, -0.2) is 14.4 Å². The van der Waals surface area contributed by atoms with Crippen LogP contribution in [0.2, 0.25) is 0 Å². The first-order valence-electron chi connectivity index (χ1n) is 17.0. The van der Waals surface area contributed by atoms with Crippen molar-refractivity contribution >= 4 is 17.9 Å². The summed E-state index contributed by atoms with van der Waals surface area (Å²) >= 11 is 0. The molecule has 0 heterocycles. The quantitative estimate of drug-likeness (QED) is 0.0325. The molecule has 0 saturated carbocycles. The Morgan fingerprint density at radius 3 is 1.09 bits per heavy atom. The van der Waals surface area contributed by atoms with Crippen LogP contribution in [0.15, 0.2) is 172 Å². The van der Waals surface area contributed by atoms with Crippen molar-refractivity contribution in [3.63, 3.8) is 0 Å². The fourth-order valence-electron chi connectivity index (χ4n) is 3.66. The Morgan fingerprint density at radius 1 is 0.431 bits per heavy atom. The summed E-state index contributed by atoms with van der Waals surface area (Å²) in [5.74, 6) is 12.4. The second-order valence-electron chi connectivity index (χ2n) is 11.8. The molecule has 0 spiro atoms. The van der Waals surface area contributed by atoms with Crippen molar-refractivity contribution in [2.45, 2.75) is 27.7 Å². The van der Waals surface area contributed by atoms with E-state index < -0.39 is 17.9 Å². The van der Waals surface area contributed by atoms with E-state index in [2.05, 4.69) is 56.6 Å². The first-order chi connectivity index (χ1) is 27.7. The average molecular weight is 781 g/mol. The van der Waals surface area contributed by atoms with Crippen LogP contribution >= 0.6 is 0 Å². The number of hydrogen-bond acceptors (Lipinski definition) is 11. The first-order valence-corrected chi connectivity index (χ1v) is 17.0. The summed E-state index contributed by atoms with van der Waals surface area (Å²) in [5, 5.41) is 0. The SMILES string of the molecule is C=C(C)C(=C)OC=COc1cc(C#Cc2ccc(OC=COC(=O)C(=C)C)cc2)c(OC=COC(=O)C(=C)C)cc1C#Cc1ccc(OC=COC(=O)C(=C)C)cc1. The molecule has 0 aliphatic heterocycles. The summed E-state index contributed by atoms with van der Waals surface area (Å²) in [7, 11) is 0. The summed E-state index contributed by atoms with van der Waals surface area (Å²) in [6, 6.07) is 16.9. The molecule has 0 atom stereocenters. The molecule has 0 N–H and O–H groups in total. The predicted octanol–water partition coefficient (Wildman–Crippen LogP) is 9.35. The Hall–Kier alpha value is -8.15. The van der Waals surface area contributed by atoms with Crippen LogP contribution in [0.25, 0.3) is 0 Å². The van der Waals surface area contributed by atoms with E-state index in [0.717, 1.165) is 18.8 Å². The van der Waals surface area contributed by atoms with Gasteiger partial charge in [0.25, 0.3) is 0 Å². The lowest BCUT2D eigenvalue weighted by Crippen LogP contribution is -2.00. The Morgan fingerprint density at radius 2 is 0.759 bits per heavy atom. The van der Waals surface area contributed by atoms with E-state index in [-0.39, 0.29) is 22.5 Å². The molecule has 294 valence electrons. The molecule has 0 fully saturated rings. The van der Waals surface area contributed by atoms with Gasteiger partial charge in [0.05, 0.1) is 11.1 Å². The summed E-state index contributed by atoms with van der Waals surface area (Å²) in [6.45, 7) is 24.5. The molecule has 0 unspecified atom stereocenters. The minimum absolute atomic E-state index is 0.206. The highest BCUT2D eigenvalue weighted by molar-refractivity contribution is 5.88. The minimum atomic E-state index is -0.632. The average Bonchev–Trinajstić information content (AvgIpc) is 3.20. The van der Waals surface area contributed by atoms with E-state index in [1.165, 1.54) is 52.1 Å². The van der Waals surface area contributed by atoms with Crippen LogP contribution in [0.1, 0.15) is 49.9 Å². The van der Waals surface area contributed by atoms with Crippen molar-refractivity contribution < 1.29 is 52.3 Å². The van der Waals surface area contributed by atoms with E-state index in [9.17, 15) is 14.4 Å². The number of carbonyl (C=O) groups excluding carboxylic acids is 3. The monoisotopic (exact) mass is 780 g/mol. The molecule has 0 bridgehead atoms. The Kier molecular flexibility index (Phi) is 17.5. The zero-order valence-electron chi connectivity index (χ0n) is 32.4. The number of allylic oxidation sites excluding steroid dienone is 1. The molecule has 0 saturated heterocycles. The van der Waals surface area contributed by atoms with E-state index in [4.69, 9.17) is 37.9 Å². The highest BCUT2D eigenvalue weighted by Crippen LogP contribution is 2.29. The molecule has 58 heavy (non-hydrogen) atoms. The van der Waals surface area contributed by atoms with Gasteiger partial charge in [-0.1, -0.05) is 56.6 Å². The van der Waals surface area contributed by atoms with Crippen LogP contribution in [0.5, 0.6) is 23.0 Å². The van der Waals surface area contributed by atoms with Crippen molar-refractivity contribution in [3.8, 4) is 46.7 Å². The lowest BCUT2D eigenvalue weighted by molar-refractivity contribution is -0.134. The molecular formula is C47H40O11. The van der Waals surface area contributed by atoms with E-state index in [1.807, 2.05) is 0 Å². The van der Waals surface area contributed by atoms with Crippen LogP contribution in [-0.2, 0) is 33.3 Å². The van der Waals surface area contributed by atoms with Crippen molar-refractivity contribution in [2.24, 2.45) is 0 Å². The zero-order valence-corrected chi connectivity index (χ0v) is 32.4. The van der Waals surface area contributed by atoms with Gasteiger partial charge in [-0.2, -0.15) is 0 Å². The summed E-state index contributed by atoms with van der Waals surface area (Å²) in [5.41, 5.74) is 3.37. The molecule has 11 nitrogen and oxygen atoms in total. The van der Waals surface area contributed by atoms with Crippen molar-refractivity contribution in [1.82, 2.24) is 0 Å². The molecule has 0 aliphatic carbocycles. The topological polar surface area (TPSA) is 125 Å². The lowest BCUT2D eigenvalue weighted by atomic mass is 10.1. The largest absolute Gasteiger partial charge is 0.462 e. The molecule has 3 aromatic carbocycles. The molecular weight excluding hydrogens is 741 g/mol. The van der Waals surface area contributed by atoms with Crippen LogP contribution in [0.3, 0.4) is 0 Å². The molecule has 0 aliphatic rings. The van der Waals surface area contributed by atoms with Gasteiger partial charge in [-0.3, -0.25) is 0 Å². The van der Waals surface area contributed by atoms with Gasteiger partial charge in [0.1, 0.15) is 78.9 Å².